The summed E-state index contributed by atoms with van der Waals surface area (Å²) in [6.45, 7) is 26.6. The van der Waals surface area contributed by atoms with E-state index in [4.69, 9.17) is 47.4 Å². The van der Waals surface area contributed by atoms with Gasteiger partial charge < -0.3 is 47.4 Å². The summed E-state index contributed by atoms with van der Waals surface area (Å²) in [6.07, 6.45) is 11.2. The molecule has 0 N–H and O–H groups in total. The van der Waals surface area contributed by atoms with Crippen molar-refractivity contribution in [3.8, 4) is 0 Å². The lowest BCUT2D eigenvalue weighted by Gasteiger charge is -2.07. The molecule has 0 heterocycles. The molecule has 1 aromatic carbocycles. The summed E-state index contributed by atoms with van der Waals surface area (Å²) in [5.74, 6) is -0.964. The Balaban J connectivity index is 0. The second kappa shape index (κ2) is 38.5. The van der Waals surface area contributed by atoms with Crippen LogP contribution in [0.4, 0.5) is 0 Å². The summed E-state index contributed by atoms with van der Waals surface area (Å²) in [7, 11) is 0. The maximum atomic E-state index is 12.0. The molecule has 0 aliphatic rings. The average Bonchev–Trinajstić information content (AvgIpc) is 3.11. The maximum Gasteiger partial charge on any atom is 0.338 e. The van der Waals surface area contributed by atoms with Gasteiger partial charge in [-0.3, -0.25) is 0 Å². The summed E-state index contributed by atoms with van der Waals surface area (Å²) in [5, 5.41) is 0. The van der Waals surface area contributed by atoms with Crippen molar-refractivity contribution in [3.05, 3.63) is 112 Å². The lowest BCUT2D eigenvalue weighted by molar-refractivity contribution is 0.0186. The van der Waals surface area contributed by atoms with Crippen molar-refractivity contribution in [2.45, 2.75) is 25.7 Å². The molecule has 0 spiro atoms. The number of hydrogen-bond donors (Lipinski definition) is 0. The number of unbranched alkanes of at least 4 members (excludes halogenated alkanes) is 1. The van der Waals surface area contributed by atoms with Crippen LogP contribution >= 0.6 is 0 Å². The van der Waals surface area contributed by atoms with Gasteiger partial charge in [0, 0.05) is 12.8 Å². The first-order valence-corrected chi connectivity index (χ1v) is 15.5. The van der Waals surface area contributed by atoms with Gasteiger partial charge >= 0.3 is 11.9 Å². The largest absolute Gasteiger partial charge is 0.502 e. The van der Waals surface area contributed by atoms with Gasteiger partial charge in [-0.2, -0.15) is 0 Å². The van der Waals surface area contributed by atoms with Crippen molar-refractivity contribution < 1.29 is 57.0 Å². The Hall–Kier alpha value is -4.68. The van der Waals surface area contributed by atoms with E-state index in [1.165, 1.54) is 43.6 Å². The summed E-state index contributed by atoms with van der Waals surface area (Å²) in [4.78, 5) is 23.9. The molecule has 48 heavy (non-hydrogen) atoms. The molecule has 0 amide bonds. The van der Waals surface area contributed by atoms with Crippen LogP contribution in [0.25, 0.3) is 0 Å². The van der Waals surface area contributed by atoms with Crippen LogP contribution in [-0.2, 0) is 47.4 Å². The number of rotatable bonds is 30. The molecule has 0 saturated heterocycles. The van der Waals surface area contributed by atoms with Crippen LogP contribution in [0.15, 0.2) is 101 Å². The molecular formula is C36H54O12. The predicted molar refractivity (Wildman–Crippen MR) is 184 cm³/mol. The highest BCUT2D eigenvalue weighted by Gasteiger charge is 2.12. The van der Waals surface area contributed by atoms with Gasteiger partial charge in [-0.15, -0.1) is 0 Å². The Bertz CT molecular complexity index is 953. The number of benzene rings is 1. The fourth-order valence-corrected chi connectivity index (χ4v) is 2.96. The van der Waals surface area contributed by atoms with Gasteiger partial charge in [-0.25, -0.2) is 9.59 Å². The first-order chi connectivity index (χ1) is 23.5. The molecule has 0 radical (unpaired) electrons. The second-order valence-corrected chi connectivity index (χ2v) is 8.72. The number of esters is 2. The molecule has 0 atom stereocenters. The highest BCUT2D eigenvalue weighted by molar-refractivity contribution is 5.95. The lowest BCUT2D eigenvalue weighted by atomic mass is 10.1. The third-order valence-electron chi connectivity index (χ3n) is 5.16. The number of carbonyl (C=O) groups excluding carboxylic acids is 2. The Labute approximate surface area is 286 Å². The van der Waals surface area contributed by atoms with E-state index in [1.807, 2.05) is 0 Å². The van der Waals surface area contributed by atoms with Crippen LogP contribution in [0.5, 0.6) is 0 Å². The van der Waals surface area contributed by atoms with Crippen molar-refractivity contribution in [1.82, 2.24) is 0 Å². The smallest absolute Gasteiger partial charge is 0.338 e. The highest BCUT2D eigenvalue weighted by atomic mass is 16.6. The van der Waals surface area contributed by atoms with E-state index >= 15 is 0 Å². The van der Waals surface area contributed by atoms with Gasteiger partial charge in [0.1, 0.15) is 13.2 Å². The first-order valence-electron chi connectivity index (χ1n) is 15.5. The van der Waals surface area contributed by atoms with Gasteiger partial charge in [0.15, 0.2) is 0 Å². The van der Waals surface area contributed by atoms with Crippen molar-refractivity contribution in [2.75, 3.05) is 79.3 Å². The van der Waals surface area contributed by atoms with Crippen molar-refractivity contribution in [3.63, 3.8) is 0 Å². The van der Waals surface area contributed by atoms with Gasteiger partial charge in [-0.1, -0.05) is 45.5 Å². The molecular weight excluding hydrogens is 624 g/mol. The summed E-state index contributed by atoms with van der Waals surface area (Å²) >= 11 is 0. The maximum absolute atomic E-state index is 12.0. The summed E-state index contributed by atoms with van der Waals surface area (Å²) in [6, 6.07) is 6.27. The third-order valence-corrected chi connectivity index (χ3v) is 5.16. The van der Waals surface area contributed by atoms with Crippen molar-refractivity contribution >= 4 is 11.9 Å². The Kier molecular flexibility index (Phi) is 36.5. The third kappa shape index (κ3) is 32.7. The van der Waals surface area contributed by atoms with E-state index in [9.17, 15) is 9.59 Å². The second-order valence-electron chi connectivity index (χ2n) is 8.72. The molecule has 12 nitrogen and oxygen atoms in total. The Morgan fingerprint density at radius 2 is 0.750 bits per heavy atom. The molecule has 0 aliphatic heterocycles. The number of hydrogen-bond acceptors (Lipinski definition) is 12. The fourth-order valence-electron chi connectivity index (χ4n) is 2.96. The zero-order chi connectivity index (χ0) is 35.8. The molecule has 12 heteroatoms. The summed E-state index contributed by atoms with van der Waals surface area (Å²) in [5.41, 5.74) is 0.616. The zero-order valence-corrected chi connectivity index (χ0v) is 28.2. The van der Waals surface area contributed by atoms with Gasteiger partial charge in [-0.05, 0) is 31.0 Å². The van der Waals surface area contributed by atoms with E-state index < -0.39 is 11.9 Å². The van der Waals surface area contributed by atoms with E-state index in [0.717, 1.165) is 12.8 Å². The molecule has 0 fully saturated rings. The Morgan fingerprint density at radius 1 is 0.438 bits per heavy atom. The Morgan fingerprint density at radius 3 is 1.17 bits per heavy atom. The van der Waals surface area contributed by atoms with Gasteiger partial charge in [0.25, 0.3) is 0 Å². The van der Waals surface area contributed by atoms with Crippen LogP contribution in [-0.4, -0.2) is 91.2 Å². The minimum Gasteiger partial charge on any atom is -0.502 e. The molecule has 0 aromatic heterocycles. The fraction of sp³-hybridized carbons (Fsp3) is 0.444. The number of ether oxygens (including phenoxy) is 10. The van der Waals surface area contributed by atoms with Crippen molar-refractivity contribution in [1.29, 1.82) is 0 Å². The van der Waals surface area contributed by atoms with E-state index in [1.54, 1.807) is 18.2 Å². The normalized spacial score (nSPS) is 9.33. The minimum atomic E-state index is -0.491. The number of carbonyl (C=O) groups is 2. The van der Waals surface area contributed by atoms with Crippen LogP contribution in [0.3, 0.4) is 0 Å². The first kappa shape index (κ1) is 45.4. The molecule has 0 aliphatic carbocycles. The molecule has 1 aromatic rings. The minimum absolute atomic E-state index is 0.230. The zero-order valence-electron chi connectivity index (χ0n) is 28.2. The van der Waals surface area contributed by atoms with E-state index in [2.05, 4.69) is 39.5 Å². The SMILES string of the molecule is C=COCCCCOC(=O)c1cccc(C(=O)OCCCOC=C)c1.C=COCCCOC=C.C=COCCOCCOCCOC=C. The topological polar surface area (TPSA) is 126 Å². The van der Waals surface area contributed by atoms with Crippen molar-refractivity contribution in [2.24, 2.45) is 0 Å². The molecule has 1 rings (SSSR count). The average molecular weight is 679 g/mol. The standard InChI is InChI=1S/C19H24O6.C10H18O4.C7H12O2/c1-3-22-11-5-6-13-24-18(20)16-9-7-10-17(15-16)19(21)25-14-8-12-23-4-2;1-3-11-5-7-13-9-10-14-8-6-12-4-2;1-3-8-6-5-7-9-4-2/h3-4,7,9-10,15H,1-2,5-6,8,11-14H2;3-4H,1-2,5-10H2;3-4H,1-2,5-7H2. The van der Waals surface area contributed by atoms with Gasteiger partial charge in [0.05, 0.1) is 115 Å². The molecule has 0 saturated carbocycles. The quantitative estimate of drug-likeness (QED) is 0.0499. The molecule has 0 unspecified atom stereocenters. The van der Waals surface area contributed by atoms with Gasteiger partial charge in [0.2, 0.25) is 0 Å². The highest BCUT2D eigenvalue weighted by Crippen LogP contribution is 2.09. The molecule has 0 bridgehead atoms. The molecule has 270 valence electrons. The van der Waals surface area contributed by atoms with Crippen LogP contribution in [0.2, 0.25) is 0 Å². The van der Waals surface area contributed by atoms with E-state index in [-0.39, 0.29) is 13.2 Å². The van der Waals surface area contributed by atoms with E-state index in [0.29, 0.717) is 90.0 Å². The predicted octanol–water partition coefficient (Wildman–Crippen LogP) is 6.53. The monoisotopic (exact) mass is 678 g/mol. The van der Waals surface area contributed by atoms with Crippen LogP contribution < -0.4 is 0 Å². The lowest BCUT2D eigenvalue weighted by Crippen LogP contribution is -2.11. The van der Waals surface area contributed by atoms with Crippen LogP contribution in [0.1, 0.15) is 46.4 Å². The summed E-state index contributed by atoms with van der Waals surface area (Å²) < 4.78 is 50.0. The van der Waals surface area contributed by atoms with Crippen LogP contribution in [0, 0.1) is 0 Å².